The first-order valence-corrected chi connectivity index (χ1v) is 9.22. The zero-order chi connectivity index (χ0) is 20.5. The summed E-state index contributed by atoms with van der Waals surface area (Å²) in [6.07, 6.45) is 0. The Labute approximate surface area is 165 Å². The SMILES string of the molecule is Cc1ccccc1C(=O)N[C@H](C(=O)OCC(=O)NCc1ccccc1)C(C)C. The topological polar surface area (TPSA) is 84.5 Å². The summed E-state index contributed by atoms with van der Waals surface area (Å²) in [4.78, 5) is 36.8. The Morgan fingerprint density at radius 3 is 2.25 bits per heavy atom. The van der Waals surface area contributed by atoms with Crippen LogP contribution in [0.25, 0.3) is 0 Å². The predicted molar refractivity (Wildman–Crippen MR) is 107 cm³/mol. The van der Waals surface area contributed by atoms with E-state index in [1.54, 1.807) is 26.0 Å². The van der Waals surface area contributed by atoms with Gasteiger partial charge in [-0.15, -0.1) is 0 Å². The van der Waals surface area contributed by atoms with Gasteiger partial charge < -0.3 is 15.4 Å². The molecule has 2 N–H and O–H groups in total. The Balaban J connectivity index is 1.87. The molecule has 148 valence electrons. The lowest BCUT2D eigenvalue weighted by Gasteiger charge is -2.21. The number of carbonyl (C=O) groups is 3. The van der Waals surface area contributed by atoms with Crippen LogP contribution in [-0.4, -0.2) is 30.4 Å². The number of esters is 1. The predicted octanol–water partition coefficient (Wildman–Crippen LogP) is 2.61. The molecule has 0 unspecified atom stereocenters. The highest BCUT2D eigenvalue weighted by Crippen LogP contribution is 2.10. The van der Waals surface area contributed by atoms with Crippen molar-refractivity contribution in [2.24, 2.45) is 5.92 Å². The van der Waals surface area contributed by atoms with Gasteiger partial charge >= 0.3 is 5.97 Å². The highest BCUT2D eigenvalue weighted by molar-refractivity contribution is 5.98. The van der Waals surface area contributed by atoms with Crippen molar-refractivity contribution >= 4 is 17.8 Å². The van der Waals surface area contributed by atoms with Crippen molar-refractivity contribution in [2.75, 3.05) is 6.61 Å². The molecule has 0 saturated carbocycles. The van der Waals surface area contributed by atoms with E-state index < -0.39 is 24.5 Å². The Kier molecular flexibility index (Phi) is 7.75. The molecule has 0 aromatic heterocycles. The van der Waals surface area contributed by atoms with Crippen molar-refractivity contribution in [1.29, 1.82) is 0 Å². The minimum atomic E-state index is -0.839. The zero-order valence-corrected chi connectivity index (χ0v) is 16.4. The van der Waals surface area contributed by atoms with Gasteiger partial charge in [-0.2, -0.15) is 0 Å². The third kappa shape index (κ3) is 6.23. The molecular weight excluding hydrogens is 356 g/mol. The van der Waals surface area contributed by atoms with Gasteiger partial charge in [-0.25, -0.2) is 4.79 Å². The van der Waals surface area contributed by atoms with E-state index in [1.165, 1.54) is 0 Å². The van der Waals surface area contributed by atoms with Crippen LogP contribution < -0.4 is 10.6 Å². The standard InChI is InChI=1S/C22H26N2O4/c1-15(2)20(24-21(26)18-12-8-7-9-16(18)3)22(27)28-14-19(25)23-13-17-10-5-4-6-11-17/h4-12,15,20H,13-14H2,1-3H3,(H,23,25)(H,24,26)/t20-/m0/s1. The number of benzene rings is 2. The molecule has 1 atom stereocenters. The second-order valence-corrected chi connectivity index (χ2v) is 6.88. The summed E-state index contributed by atoms with van der Waals surface area (Å²) in [5.74, 6) is -1.56. The Bertz CT molecular complexity index is 818. The first kappa shape index (κ1) is 21.2. The van der Waals surface area contributed by atoms with Gasteiger partial charge in [-0.05, 0) is 30.0 Å². The molecule has 0 aliphatic heterocycles. The van der Waals surface area contributed by atoms with Crippen molar-refractivity contribution < 1.29 is 19.1 Å². The van der Waals surface area contributed by atoms with Crippen LogP contribution in [0.4, 0.5) is 0 Å². The molecule has 0 aliphatic rings. The summed E-state index contributed by atoms with van der Waals surface area (Å²) in [5.41, 5.74) is 2.27. The van der Waals surface area contributed by atoms with Crippen molar-refractivity contribution in [1.82, 2.24) is 10.6 Å². The van der Waals surface area contributed by atoms with Gasteiger partial charge in [0.2, 0.25) is 0 Å². The van der Waals surface area contributed by atoms with Crippen LogP contribution in [0.2, 0.25) is 0 Å². The van der Waals surface area contributed by atoms with Crippen LogP contribution in [0.5, 0.6) is 0 Å². The number of aryl methyl sites for hydroxylation is 1. The number of amides is 2. The highest BCUT2D eigenvalue weighted by atomic mass is 16.5. The summed E-state index contributed by atoms with van der Waals surface area (Å²) in [5, 5.41) is 5.40. The molecule has 2 aromatic rings. The number of carbonyl (C=O) groups excluding carboxylic acids is 3. The first-order chi connectivity index (χ1) is 13.4. The van der Waals surface area contributed by atoms with E-state index in [-0.39, 0.29) is 11.8 Å². The van der Waals surface area contributed by atoms with Crippen LogP contribution >= 0.6 is 0 Å². The molecular formula is C22H26N2O4. The Morgan fingerprint density at radius 2 is 1.61 bits per heavy atom. The molecule has 0 saturated heterocycles. The van der Waals surface area contributed by atoms with E-state index in [0.717, 1.165) is 11.1 Å². The number of hydrogen-bond donors (Lipinski definition) is 2. The van der Waals surface area contributed by atoms with Crippen molar-refractivity contribution in [2.45, 2.75) is 33.4 Å². The molecule has 2 amide bonds. The van der Waals surface area contributed by atoms with Crippen molar-refractivity contribution in [3.8, 4) is 0 Å². The minimum absolute atomic E-state index is 0.187. The Morgan fingerprint density at radius 1 is 0.964 bits per heavy atom. The quantitative estimate of drug-likeness (QED) is 0.688. The van der Waals surface area contributed by atoms with E-state index in [0.29, 0.717) is 12.1 Å². The molecule has 0 aliphatic carbocycles. The minimum Gasteiger partial charge on any atom is -0.454 e. The van der Waals surface area contributed by atoms with E-state index in [4.69, 9.17) is 4.74 Å². The monoisotopic (exact) mass is 382 g/mol. The lowest BCUT2D eigenvalue weighted by Crippen LogP contribution is -2.46. The molecule has 0 bridgehead atoms. The maximum absolute atomic E-state index is 12.5. The van der Waals surface area contributed by atoms with Crippen molar-refractivity contribution in [3.05, 3.63) is 71.3 Å². The van der Waals surface area contributed by atoms with Gasteiger partial charge in [0, 0.05) is 12.1 Å². The van der Waals surface area contributed by atoms with Crippen LogP contribution in [0, 0.1) is 12.8 Å². The van der Waals surface area contributed by atoms with Gasteiger partial charge in [0.05, 0.1) is 0 Å². The zero-order valence-electron chi connectivity index (χ0n) is 16.4. The molecule has 28 heavy (non-hydrogen) atoms. The lowest BCUT2D eigenvalue weighted by molar-refractivity contribution is -0.151. The van der Waals surface area contributed by atoms with Crippen molar-refractivity contribution in [3.63, 3.8) is 0 Å². The van der Waals surface area contributed by atoms with E-state index >= 15 is 0 Å². The summed E-state index contributed by atoms with van der Waals surface area (Å²) < 4.78 is 5.12. The second kappa shape index (κ2) is 10.3. The van der Waals surface area contributed by atoms with E-state index in [9.17, 15) is 14.4 Å². The van der Waals surface area contributed by atoms with Gasteiger partial charge in [0.25, 0.3) is 11.8 Å². The third-order valence-electron chi connectivity index (χ3n) is 4.27. The van der Waals surface area contributed by atoms with E-state index in [1.807, 2.05) is 49.4 Å². The van der Waals surface area contributed by atoms with Gasteiger partial charge in [0.15, 0.2) is 6.61 Å². The van der Waals surface area contributed by atoms with Gasteiger partial charge in [-0.1, -0.05) is 62.4 Å². The van der Waals surface area contributed by atoms with Crippen LogP contribution in [0.15, 0.2) is 54.6 Å². The molecule has 0 fully saturated rings. The smallest absolute Gasteiger partial charge is 0.329 e. The van der Waals surface area contributed by atoms with E-state index in [2.05, 4.69) is 10.6 Å². The highest BCUT2D eigenvalue weighted by Gasteiger charge is 2.27. The average Bonchev–Trinajstić information content (AvgIpc) is 2.69. The molecule has 2 rings (SSSR count). The van der Waals surface area contributed by atoms with Crippen LogP contribution in [-0.2, 0) is 20.9 Å². The molecule has 0 spiro atoms. The lowest BCUT2D eigenvalue weighted by atomic mass is 10.0. The fraction of sp³-hybridized carbons (Fsp3) is 0.318. The third-order valence-corrected chi connectivity index (χ3v) is 4.27. The molecule has 2 aromatic carbocycles. The molecule has 0 radical (unpaired) electrons. The largest absolute Gasteiger partial charge is 0.454 e. The van der Waals surface area contributed by atoms with Crippen LogP contribution in [0.1, 0.15) is 35.3 Å². The second-order valence-electron chi connectivity index (χ2n) is 6.88. The fourth-order valence-electron chi connectivity index (χ4n) is 2.62. The number of hydrogen-bond acceptors (Lipinski definition) is 4. The number of ether oxygens (including phenoxy) is 1. The summed E-state index contributed by atoms with van der Waals surface area (Å²) in [6, 6.07) is 15.7. The summed E-state index contributed by atoms with van der Waals surface area (Å²) in [6.45, 7) is 5.40. The molecule has 6 nitrogen and oxygen atoms in total. The number of nitrogens with one attached hydrogen (secondary N) is 2. The molecule has 6 heteroatoms. The summed E-state index contributed by atoms with van der Waals surface area (Å²) >= 11 is 0. The maximum Gasteiger partial charge on any atom is 0.329 e. The maximum atomic E-state index is 12.5. The number of rotatable bonds is 8. The Hall–Kier alpha value is -3.15. The molecule has 0 heterocycles. The first-order valence-electron chi connectivity index (χ1n) is 9.22. The van der Waals surface area contributed by atoms with Gasteiger partial charge in [-0.3, -0.25) is 9.59 Å². The fourth-order valence-corrected chi connectivity index (χ4v) is 2.62. The average molecular weight is 382 g/mol. The normalized spacial score (nSPS) is 11.6. The van der Waals surface area contributed by atoms with Crippen LogP contribution in [0.3, 0.4) is 0 Å². The summed E-state index contributed by atoms with van der Waals surface area (Å²) in [7, 11) is 0. The van der Waals surface area contributed by atoms with Gasteiger partial charge in [0.1, 0.15) is 6.04 Å².